The van der Waals surface area contributed by atoms with Gasteiger partial charge in [-0.05, 0) is 55.7 Å². The fraction of sp³-hybridized carbons (Fsp3) is 0.400. The molecule has 3 aromatic rings. The number of fused-ring (bicyclic) bond motifs is 1. The molecule has 0 bridgehead atoms. The Labute approximate surface area is 205 Å². The summed E-state index contributed by atoms with van der Waals surface area (Å²) >= 11 is 0. The van der Waals surface area contributed by atoms with Crippen LogP contribution in [0.15, 0.2) is 36.4 Å². The van der Waals surface area contributed by atoms with Gasteiger partial charge >= 0.3 is 0 Å². The van der Waals surface area contributed by atoms with Gasteiger partial charge in [-0.1, -0.05) is 26.8 Å². The van der Waals surface area contributed by atoms with Crippen LogP contribution < -0.4 is 10.5 Å². The summed E-state index contributed by atoms with van der Waals surface area (Å²) in [4.78, 5) is 4.92. The van der Waals surface area contributed by atoms with Crippen LogP contribution in [0.2, 0.25) is 0 Å². The summed E-state index contributed by atoms with van der Waals surface area (Å²) in [5.74, 6) is -1.62. The molecule has 0 spiro atoms. The summed E-state index contributed by atoms with van der Waals surface area (Å²) < 4.78 is 79.2. The average Bonchev–Trinajstić information content (AvgIpc) is 3.57. The predicted octanol–water partition coefficient (Wildman–Crippen LogP) is 7.04. The number of halogens is 6. The smallest absolute Gasteiger partial charge is 0.256 e. The van der Waals surface area contributed by atoms with E-state index in [1.165, 1.54) is 24.3 Å². The van der Waals surface area contributed by atoms with Crippen LogP contribution in [0.3, 0.4) is 0 Å². The summed E-state index contributed by atoms with van der Waals surface area (Å²) in [7, 11) is 0. The average molecular weight is 514 g/mol. The molecule has 1 fully saturated rings. The monoisotopic (exact) mass is 513 g/mol. The predicted molar refractivity (Wildman–Crippen MR) is 129 cm³/mol. The number of hydrogen-bond acceptors (Lipinski definition) is 4. The molecule has 1 aliphatic rings. The van der Waals surface area contributed by atoms with Crippen molar-refractivity contribution < 1.29 is 26.3 Å². The quantitative estimate of drug-likeness (QED) is 0.211. The van der Waals surface area contributed by atoms with Gasteiger partial charge in [0.25, 0.3) is 6.43 Å². The van der Waals surface area contributed by atoms with Crippen molar-refractivity contribution in [1.29, 1.82) is 10.8 Å². The van der Waals surface area contributed by atoms with Crippen molar-refractivity contribution in [2.75, 3.05) is 11.4 Å². The second kappa shape index (κ2) is 12.0. The van der Waals surface area contributed by atoms with E-state index in [0.717, 1.165) is 27.9 Å². The molecule has 1 aliphatic carbocycles. The molecule has 5 nitrogen and oxygen atoms in total. The van der Waals surface area contributed by atoms with E-state index in [-0.39, 0.29) is 22.4 Å². The van der Waals surface area contributed by atoms with Crippen LogP contribution in [-0.4, -0.2) is 35.3 Å². The van der Waals surface area contributed by atoms with Crippen molar-refractivity contribution in [3.63, 3.8) is 0 Å². The highest BCUT2D eigenvalue weighted by atomic mass is 19.3. The molecule has 4 rings (SSSR count). The topological polar surface area (TPSA) is 68.8 Å². The number of aromatic nitrogens is 2. The summed E-state index contributed by atoms with van der Waals surface area (Å²) in [5, 5.41) is 15.3. The molecule has 1 heterocycles. The van der Waals surface area contributed by atoms with Crippen molar-refractivity contribution in [3.8, 4) is 0 Å². The van der Waals surface area contributed by atoms with Crippen LogP contribution in [0, 0.1) is 34.8 Å². The van der Waals surface area contributed by atoms with E-state index >= 15 is 0 Å². The molecule has 196 valence electrons. The minimum absolute atomic E-state index is 0.0665. The van der Waals surface area contributed by atoms with Gasteiger partial charge < -0.3 is 4.90 Å². The zero-order valence-corrected chi connectivity index (χ0v) is 20.4. The van der Waals surface area contributed by atoms with Gasteiger partial charge in [-0.15, -0.1) is 0 Å². The molecule has 0 unspecified atom stereocenters. The minimum atomic E-state index is -2.82. The summed E-state index contributed by atoms with van der Waals surface area (Å²) in [6, 6.07) is 7.71. The molecule has 0 saturated heterocycles. The van der Waals surface area contributed by atoms with Crippen LogP contribution in [0.25, 0.3) is 10.9 Å². The third-order valence-corrected chi connectivity index (χ3v) is 5.52. The lowest BCUT2D eigenvalue weighted by Gasteiger charge is -2.26. The Balaban J connectivity index is 0.000000431. The first-order valence-electron chi connectivity index (χ1n) is 11.3. The van der Waals surface area contributed by atoms with Crippen LogP contribution in [0.4, 0.5) is 37.8 Å². The first-order chi connectivity index (χ1) is 17.0. The number of nitrogens with one attached hydrogen (secondary N) is 2. The van der Waals surface area contributed by atoms with E-state index in [9.17, 15) is 26.3 Å². The zero-order valence-electron chi connectivity index (χ0n) is 20.4. The Kier molecular flexibility index (Phi) is 9.66. The number of aryl methyl sites for hydroxylation is 1. The van der Waals surface area contributed by atoms with Crippen LogP contribution in [0.1, 0.15) is 39.2 Å². The first kappa shape index (κ1) is 28.9. The van der Waals surface area contributed by atoms with E-state index in [1.54, 1.807) is 13.8 Å². The lowest BCUT2D eigenvalue weighted by atomic mass is 10.1. The van der Waals surface area contributed by atoms with E-state index in [0.29, 0.717) is 18.4 Å². The Morgan fingerprint density at radius 2 is 1.75 bits per heavy atom. The van der Waals surface area contributed by atoms with Gasteiger partial charge in [0.2, 0.25) is 12.0 Å². The van der Waals surface area contributed by atoms with Gasteiger partial charge in [-0.25, -0.2) is 26.3 Å². The van der Waals surface area contributed by atoms with Crippen molar-refractivity contribution >= 4 is 28.7 Å². The minimum Gasteiger partial charge on any atom is -0.320 e. The van der Waals surface area contributed by atoms with E-state index in [2.05, 4.69) is 4.98 Å². The molecule has 1 saturated carbocycles. The number of hydrogen-bond donors (Lipinski definition) is 2. The van der Waals surface area contributed by atoms with Gasteiger partial charge in [-0.2, -0.15) is 4.98 Å². The van der Waals surface area contributed by atoms with Gasteiger partial charge in [0, 0.05) is 11.1 Å². The Morgan fingerprint density at radius 1 is 1.11 bits per heavy atom. The third kappa shape index (κ3) is 6.64. The van der Waals surface area contributed by atoms with Gasteiger partial charge in [0.05, 0.1) is 23.8 Å². The maximum absolute atomic E-state index is 14.6. The molecular formula is C25H29F6N5. The van der Waals surface area contributed by atoms with E-state index < -0.39 is 42.1 Å². The Bertz CT molecular complexity index is 1230. The van der Waals surface area contributed by atoms with Crippen molar-refractivity contribution in [2.24, 2.45) is 5.41 Å². The number of alkyl halides is 4. The number of anilines is 2. The molecule has 11 heteroatoms. The lowest BCUT2D eigenvalue weighted by molar-refractivity contribution is 0.0721. The van der Waals surface area contributed by atoms with E-state index in [4.69, 9.17) is 10.8 Å². The second-order valence-electron chi connectivity index (χ2n) is 8.34. The molecule has 2 N–H and O–H groups in total. The molecule has 2 aromatic carbocycles. The van der Waals surface area contributed by atoms with Gasteiger partial charge in [-0.3, -0.25) is 15.4 Å². The normalized spacial score (nSPS) is 13.6. The van der Waals surface area contributed by atoms with Crippen LogP contribution in [-0.2, 0) is 0 Å². The fourth-order valence-electron chi connectivity index (χ4n) is 3.33. The standard InChI is InChI=1S/C18H15F4N5.C5H8F2.C2H6/c1-10-5-11(19)7-12(6-10)26(8-15(21)22)17-16-13(20)3-2-4-14(16)27(9-23)18(24)25-17;1-5(2-3-5)4(6)7;1-2/h2-7,9,15,23-24H,8H2,1H3;4H,2-3H2,1H3;1-2H3. The van der Waals surface area contributed by atoms with Crippen molar-refractivity contribution in [3.05, 3.63) is 59.2 Å². The maximum Gasteiger partial charge on any atom is 0.256 e. The summed E-state index contributed by atoms with van der Waals surface area (Å²) in [6.07, 6.45) is -2.70. The van der Waals surface area contributed by atoms with Crippen LogP contribution >= 0.6 is 0 Å². The van der Waals surface area contributed by atoms with Gasteiger partial charge in [0.1, 0.15) is 17.5 Å². The SMILES string of the molecule is CC.CC1(C(F)F)CC1.Cc1cc(F)cc(N(CC(F)F)c2nc(=N)n(C=N)c3cccc(F)c23)c1. The number of nitrogens with zero attached hydrogens (tertiary/aromatic N) is 3. The molecule has 0 radical (unpaired) electrons. The molecule has 1 aromatic heterocycles. The molecule has 0 atom stereocenters. The third-order valence-electron chi connectivity index (χ3n) is 5.52. The largest absolute Gasteiger partial charge is 0.320 e. The fourth-order valence-corrected chi connectivity index (χ4v) is 3.33. The first-order valence-corrected chi connectivity index (χ1v) is 11.3. The summed E-state index contributed by atoms with van der Waals surface area (Å²) in [6.45, 7) is 6.36. The van der Waals surface area contributed by atoms with Gasteiger partial charge in [0.15, 0.2) is 0 Å². The molecule has 36 heavy (non-hydrogen) atoms. The maximum atomic E-state index is 14.6. The van der Waals surface area contributed by atoms with Crippen molar-refractivity contribution in [2.45, 2.75) is 53.4 Å². The summed E-state index contributed by atoms with van der Waals surface area (Å²) in [5.41, 5.74) is -0.347. The Morgan fingerprint density at radius 3 is 2.22 bits per heavy atom. The highest BCUT2D eigenvalue weighted by molar-refractivity contribution is 5.94. The highest BCUT2D eigenvalue weighted by Crippen LogP contribution is 2.49. The highest BCUT2D eigenvalue weighted by Gasteiger charge is 2.46. The van der Waals surface area contributed by atoms with E-state index in [1.807, 2.05) is 13.8 Å². The number of benzene rings is 2. The second-order valence-corrected chi connectivity index (χ2v) is 8.34. The van der Waals surface area contributed by atoms with Crippen molar-refractivity contribution in [1.82, 2.24) is 9.55 Å². The molecule has 0 aliphatic heterocycles. The zero-order chi connectivity index (χ0) is 27.2. The Hall–Kier alpha value is -3.37. The number of rotatable bonds is 6. The molecular weight excluding hydrogens is 484 g/mol. The molecule has 0 amide bonds. The lowest BCUT2D eigenvalue weighted by Crippen LogP contribution is -2.31. The van der Waals surface area contributed by atoms with Crippen LogP contribution in [0.5, 0.6) is 0 Å².